The summed E-state index contributed by atoms with van der Waals surface area (Å²) in [6, 6.07) is 14.9. The van der Waals surface area contributed by atoms with Crippen LogP contribution in [0, 0.1) is 12.8 Å². The molecule has 6 rings (SSSR count). The molecule has 0 saturated carbocycles. The van der Waals surface area contributed by atoms with Gasteiger partial charge >= 0.3 is 0 Å². The van der Waals surface area contributed by atoms with Gasteiger partial charge in [0.05, 0.1) is 18.3 Å². The van der Waals surface area contributed by atoms with E-state index < -0.39 is 0 Å². The Morgan fingerprint density at radius 3 is 2.73 bits per heavy atom. The smallest absolute Gasteiger partial charge is 0.233 e. The number of methoxy groups -OCH3 is 1. The van der Waals surface area contributed by atoms with Gasteiger partial charge in [-0.2, -0.15) is 0 Å². The van der Waals surface area contributed by atoms with E-state index in [9.17, 15) is 0 Å². The second-order valence-corrected chi connectivity index (χ2v) is 10.1. The molecule has 2 aromatic carbocycles. The fourth-order valence-corrected chi connectivity index (χ4v) is 5.51. The molecule has 0 unspecified atom stereocenters. The molecule has 37 heavy (non-hydrogen) atoms. The molecule has 0 radical (unpaired) electrons. The number of piperidine rings is 1. The van der Waals surface area contributed by atoms with Crippen LogP contribution in [0.1, 0.15) is 29.5 Å². The molecule has 8 nitrogen and oxygen atoms in total. The number of anilines is 2. The number of hydrogen-bond donors (Lipinski definition) is 2. The lowest BCUT2D eigenvalue weighted by Gasteiger charge is -2.31. The number of nitrogens with zero attached hydrogens (tertiary/aromatic N) is 5. The largest absolute Gasteiger partial charge is 0.480 e. The Labute approximate surface area is 217 Å². The normalized spacial score (nSPS) is 16.0. The summed E-state index contributed by atoms with van der Waals surface area (Å²) in [4.78, 5) is 11.8. The second kappa shape index (κ2) is 10.3. The third-order valence-electron chi connectivity index (χ3n) is 7.62. The Morgan fingerprint density at radius 2 is 1.92 bits per heavy atom. The molecular formula is C29H33N7O. The summed E-state index contributed by atoms with van der Waals surface area (Å²) >= 11 is 0. The van der Waals surface area contributed by atoms with Gasteiger partial charge in [0, 0.05) is 42.3 Å². The van der Waals surface area contributed by atoms with Gasteiger partial charge < -0.3 is 20.3 Å². The molecule has 4 aromatic rings. The number of aromatic nitrogens is 4. The molecule has 0 bridgehead atoms. The van der Waals surface area contributed by atoms with Crippen molar-refractivity contribution in [2.45, 2.75) is 32.7 Å². The lowest BCUT2D eigenvalue weighted by atomic mass is 9.96. The summed E-state index contributed by atoms with van der Waals surface area (Å²) in [6.45, 7) is 7.14. The zero-order chi connectivity index (χ0) is 25.2. The Morgan fingerprint density at radius 1 is 1.03 bits per heavy atom. The van der Waals surface area contributed by atoms with Crippen LogP contribution in [-0.2, 0) is 13.0 Å². The van der Waals surface area contributed by atoms with E-state index in [1.54, 1.807) is 13.4 Å². The van der Waals surface area contributed by atoms with Crippen LogP contribution < -0.4 is 20.3 Å². The van der Waals surface area contributed by atoms with E-state index in [1.165, 1.54) is 29.7 Å². The van der Waals surface area contributed by atoms with Crippen molar-refractivity contribution < 1.29 is 4.74 Å². The van der Waals surface area contributed by atoms with E-state index >= 15 is 0 Å². The lowest BCUT2D eigenvalue weighted by molar-refractivity contribution is 0.390. The molecule has 0 atom stereocenters. The highest BCUT2D eigenvalue weighted by Gasteiger charge is 2.21. The molecule has 8 heteroatoms. The van der Waals surface area contributed by atoms with Crippen molar-refractivity contribution in [3.05, 3.63) is 65.5 Å². The number of fused-ring (bicyclic) bond motifs is 2. The molecular weight excluding hydrogens is 462 g/mol. The highest BCUT2D eigenvalue weighted by Crippen LogP contribution is 2.33. The van der Waals surface area contributed by atoms with Crippen LogP contribution in [-0.4, -0.2) is 53.5 Å². The van der Waals surface area contributed by atoms with Crippen LogP contribution in [0.4, 0.5) is 11.5 Å². The first-order chi connectivity index (χ1) is 18.2. The molecule has 2 aliphatic rings. The molecule has 190 valence electrons. The lowest BCUT2D eigenvalue weighted by Crippen LogP contribution is -2.32. The maximum Gasteiger partial charge on any atom is 0.233 e. The summed E-state index contributed by atoms with van der Waals surface area (Å²) in [7, 11) is 1.59. The van der Waals surface area contributed by atoms with Crippen LogP contribution >= 0.6 is 0 Å². The van der Waals surface area contributed by atoms with Gasteiger partial charge in [0.1, 0.15) is 12.1 Å². The number of benzene rings is 2. The summed E-state index contributed by atoms with van der Waals surface area (Å²) in [5.41, 5.74) is 7.86. The van der Waals surface area contributed by atoms with Crippen molar-refractivity contribution in [2.24, 2.45) is 5.92 Å². The minimum absolute atomic E-state index is 0.502. The maximum atomic E-state index is 5.17. The van der Waals surface area contributed by atoms with Gasteiger partial charge in [0.25, 0.3) is 0 Å². The molecule has 4 heterocycles. The van der Waals surface area contributed by atoms with Crippen molar-refractivity contribution >= 4 is 22.4 Å². The van der Waals surface area contributed by atoms with Crippen molar-refractivity contribution in [3.63, 3.8) is 0 Å². The van der Waals surface area contributed by atoms with E-state index in [0.717, 1.165) is 78.6 Å². The number of nitrogens with one attached hydrogen (secondary N) is 2. The third-order valence-corrected chi connectivity index (χ3v) is 7.62. The number of hydrogen-bond acceptors (Lipinski definition) is 8. The topological polar surface area (TPSA) is 88.1 Å². The zero-order valence-corrected chi connectivity index (χ0v) is 21.5. The summed E-state index contributed by atoms with van der Waals surface area (Å²) in [6.07, 6.45) is 5.17. The van der Waals surface area contributed by atoms with Gasteiger partial charge in [-0.3, -0.25) is 0 Å². The van der Waals surface area contributed by atoms with E-state index in [2.05, 4.69) is 68.0 Å². The number of ether oxygens (including phenoxy) is 1. The van der Waals surface area contributed by atoms with Crippen LogP contribution in [0.3, 0.4) is 0 Å². The van der Waals surface area contributed by atoms with Crippen LogP contribution in [0.2, 0.25) is 0 Å². The molecule has 0 spiro atoms. The highest BCUT2D eigenvalue weighted by atomic mass is 16.5. The SMILES string of the molecule is COc1ccc(-c2cc(C)c3ncnc(N4CCc5ccc(NCC6CCNCC6)cc5C4)c3c2)nn1. The summed E-state index contributed by atoms with van der Waals surface area (Å²) < 4.78 is 5.17. The molecule has 2 aliphatic heterocycles. The van der Waals surface area contributed by atoms with Crippen molar-refractivity contribution in [2.75, 3.05) is 43.5 Å². The zero-order valence-electron chi connectivity index (χ0n) is 21.5. The predicted molar refractivity (Wildman–Crippen MR) is 147 cm³/mol. The Hall–Kier alpha value is -3.78. The van der Waals surface area contributed by atoms with E-state index in [1.807, 2.05) is 12.1 Å². The van der Waals surface area contributed by atoms with E-state index in [0.29, 0.717) is 5.88 Å². The van der Waals surface area contributed by atoms with Crippen molar-refractivity contribution in [1.82, 2.24) is 25.5 Å². The first-order valence-corrected chi connectivity index (χ1v) is 13.1. The van der Waals surface area contributed by atoms with Gasteiger partial charge in [0.15, 0.2) is 0 Å². The quantitative estimate of drug-likeness (QED) is 0.408. The van der Waals surface area contributed by atoms with Gasteiger partial charge in [-0.25, -0.2) is 9.97 Å². The average molecular weight is 496 g/mol. The van der Waals surface area contributed by atoms with Crippen LogP contribution in [0.5, 0.6) is 5.88 Å². The average Bonchev–Trinajstić information content (AvgIpc) is 2.96. The van der Waals surface area contributed by atoms with Crippen LogP contribution in [0.25, 0.3) is 22.2 Å². The molecule has 1 fully saturated rings. The standard InChI is InChI=1S/C29H33N7O/c1-19-13-22(26-5-6-27(37-2)35-34-26)15-25-28(19)32-18-33-29(25)36-12-9-21-3-4-24(14-23(21)17-36)31-16-20-7-10-30-11-8-20/h3-6,13-15,18,20,30-31H,7-12,16-17H2,1-2H3. The van der Waals surface area contributed by atoms with Crippen LogP contribution in [0.15, 0.2) is 48.8 Å². The highest BCUT2D eigenvalue weighted by molar-refractivity contribution is 5.94. The second-order valence-electron chi connectivity index (χ2n) is 10.1. The molecule has 1 saturated heterocycles. The summed E-state index contributed by atoms with van der Waals surface area (Å²) in [5.74, 6) is 2.21. The first kappa shape index (κ1) is 23.6. The number of rotatable bonds is 6. The maximum absolute atomic E-state index is 5.17. The third kappa shape index (κ3) is 4.93. The molecule has 0 amide bonds. The Kier molecular flexibility index (Phi) is 6.57. The van der Waals surface area contributed by atoms with Gasteiger partial charge in [-0.15, -0.1) is 10.2 Å². The number of aryl methyl sites for hydroxylation is 1. The first-order valence-electron chi connectivity index (χ1n) is 13.1. The Bertz CT molecular complexity index is 1400. The van der Waals surface area contributed by atoms with Gasteiger partial charge in [-0.05, 0) is 92.2 Å². The molecule has 2 N–H and O–H groups in total. The van der Waals surface area contributed by atoms with Crippen molar-refractivity contribution in [1.29, 1.82) is 0 Å². The minimum Gasteiger partial charge on any atom is -0.480 e. The van der Waals surface area contributed by atoms with E-state index in [-0.39, 0.29) is 0 Å². The fraction of sp³-hybridized carbons (Fsp3) is 0.379. The molecule has 2 aromatic heterocycles. The molecule has 0 aliphatic carbocycles. The van der Waals surface area contributed by atoms with Crippen molar-refractivity contribution in [3.8, 4) is 17.1 Å². The van der Waals surface area contributed by atoms with Gasteiger partial charge in [-0.1, -0.05) is 6.07 Å². The Balaban J connectivity index is 1.27. The fourth-order valence-electron chi connectivity index (χ4n) is 5.51. The predicted octanol–water partition coefficient (Wildman–Crippen LogP) is 4.38. The van der Waals surface area contributed by atoms with E-state index in [4.69, 9.17) is 9.72 Å². The summed E-state index contributed by atoms with van der Waals surface area (Å²) in [5, 5.41) is 16.7. The monoisotopic (exact) mass is 495 g/mol. The minimum atomic E-state index is 0.502. The van der Waals surface area contributed by atoms with Gasteiger partial charge in [0.2, 0.25) is 5.88 Å².